The maximum atomic E-state index is 11.1. The second kappa shape index (κ2) is 6.70. The summed E-state index contributed by atoms with van der Waals surface area (Å²) in [6.45, 7) is 9.33. The summed E-state index contributed by atoms with van der Waals surface area (Å²) in [4.78, 5) is 0. The molecule has 120 valence electrons. The fourth-order valence-corrected chi connectivity index (χ4v) is 4.04. The molecular formula is C17H29ClN2O. The van der Waals surface area contributed by atoms with Gasteiger partial charge in [-0.3, -0.25) is 4.68 Å². The van der Waals surface area contributed by atoms with Crippen molar-refractivity contribution in [2.75, 3.05) is 0 Å². The van der Waals surface area contributed by atoms with Gasteiger partial charge in [0, 0.05) is 13.0 Å². The van der Waals surface area contributed by atoms with Crippen molar-refractivity contribution in [3.05, 3.63) is 16.4 Å². The van der Waals surface area contributed by atoms with Crippen LogP contribution in [0.1, 0.15) is 64.3 Å². The topological polar surface area (TPSA) is 38.0 Å². The molecule has 21 heavy (non-hydrogen) atoms. The van der Waals surface area contributed by atoms with E-state index in [1.807, 2.05) is 11.6 Å². The first-order chi connectivity index (χ1) is 9.84. The summed E-state index contributed by atoms with van der Waals surface area (Å²) < 4.78 is 1.95. The molecule has 0 saturated heterocycles. The number of nitrogens with zero attached hydrogens (tertiary/aromatic N) is 2. The van der Waals surface area contributed by atoms with Gasteiger partial charge in [-0.25, -0.2) is 0 Å². The molecule has 2 rings (SSSR count). The van der Waals surface area contributed by atoms with E-state index in [9.17, 15) is 5.11 Å². The Balaban J connectivity index is 2.14. The van der Waals surface area contributed by atoms with Gasteiger partial charge in [-0.2, -0.15) is 5.10 Å². The molecule has 1 aliphatic carbocycles. The van der Waals surface area contributed by atoms with Crippen LogP contribution in [-0.2, 0) is 13.0 Å². The number of halogens is 1. The number of aromatic nitrogens is 2. The molecule has 3 nitrogen and oxygen atoms in total. The minimum Gasteiger partial charge on any atom is -0.389 e. The van der Waals surface area contributed by atoms with E-state index >= 15 is 0 Å². The predicted octanol–water partition coefficient (Wildman–Crippen LogP) is 4.37. The van der Waals surface area contributed by atoms with Crippen molar-refractivity contribution < 1.29 is 5.11 Å². The van der Waals surface area contributed by atoms with E-state index in [2.05, 4.69) is 25.9 Å². The van der Waals surface area contributed by atoms with E-state index in [-0.39, 0.29) is 0 Å². The fraction of sp³-hybridized carbons (Fsp3) is 0.824. The zero-order valence-corrected chi connectivity index (χ0v) is 14.6. The molecule has 1 N–H and O–H groups in total. The SMILES string of the molecule is CCn1nc(C)c(Cl)c1CC1(O)CCCC(CC(C)C)C1. The van der Waals surface area contributed by atoms with Gasteiger partial charge in [0.25, 0.3) is 0 Å². The Morgan fingerprint density at radius 1 is 1.48 bits per heavy atom. The highest BCUT2D eigenvalue weighted by molar-refractivity contribution is 6.31. The number of aliphatic hydroxyl groups is 1. The molecule has 1 aliphatic rings. The lowest BCUT2D eigenvalue weighted by atomic mass is 9.73. The molecule has 1 aromatic heterocycles. The minimum absolute atomic E-state index is 0.610. The molecule has 2 atom stereocenters. The molecule has 0 bridgehead atoms. The Hall–Kier alpha value is -0.540. The van der Waals surface area contributed by atoms with E-state index in [4.69, 9.17) is 11.6 Å². The van der Waals surface area contributed by atoms with Crippen LogP contribution in [0.4, 0.5) is 0 Å². The Morgan fingerprint density at radius 3 is 2.81 bits per heavy atom. The smallest absolute Gasteiger partial charge is 0.0848 e. The molecular weight excluding hydrogens is 284 g/mol. The third kappa shape index (κ3) is 4.01. The lowest BCUT2D eigenvalue weighted by Crippen LogP contribution is -2.38. The quantitative estimate of drug-likeness (QED) is 0.876. The van der Waals surface area contributed by atoms with Crippen molar-refractivity contribution >= 4 is 11.6 Å². The fourth-order valence-electron chi connectivity index (χ4n) is 3.84. The molecule has 0 amide bonds. The van der Waals surface area contributed by atoms with Crippen LogP contribution < -0.4 is 0 Å². The summed E-state index contributed by atoms with van der Waals surface area (Å²) in [6.07, 6.45) is 5.99. The molecule has 0 aliphatic heterocycles. The van der Waals surface area contributed by atoms with E-state index in [0.717, 1.165) is 42.2 Å². The Bertz CT molecular complexity index is 483. The van der Waals surface area contributed by atoms with Gasteiger partial charge in [0.1, 0.15) is 0 Å². The molecule has 1 saturated carbocycles. The van der Waals surface area contributed by atoms with E-state index in [1.54, 1.807) is 0 Å². The molecule has 0 spiro atoms. The summed E-state index contributed by atoms with van der Waals surface area (Å²) in [5.41, 5.74) is 1.26. The van der Waals surface area contributed by atoms with Gasteiger partial charge in [0.05, 0.1) is 22.0 Å². The second-order valence-electron chi connectivity index (χ2n) is 7.15. The third-order valence-corrected chi connectivity index (χ3v) is 5.17. The maximum Gasteiger partial charge on any atom is 0.0848 e. The summed E-state index contributed by atoms with van der Waals surface area (Å²) in [6, 6.07) is 0. The first kappa shape index (κ1) is 16.8. The molecule has 2 unspecified atom stereocenters. The molecule has 4 heteroatoms. The largest absolute Gasteiger partial charge is 0.389 e. The summed E-state index contributed by atoms with van der Waals surface area (Å²) in [5, 5.41) is 16.3. The van der Waals surface area contributed by atoms with Crippen LogP contribution in [0.3, 0.4) is 0 Å². The van der Waals surface area contributed by atoms with Crippen molar-refractivity contribution in [1.82, 2.24) is 9.78 Å². The molecule has 0 aromatic carbocycles. The summed E-state index contributed by atoms with van der Waals surface area (Å²) in [7, 11) is 0. The summed E-state index contributed by atoms with van der Waals surface area (Å²) >= 11 is 6.40. The van der Waals surface area contributed by atoms with Crippen LogP contribution in [0, 0.1) is 18.8 Å². The average Bonchev–Trinajstić information content (AvgIpc) is 2.65. The van der Waals surface area contributed by atoms with Gasteiger partial charge in [0.2, 0.25) is 0 Å². The first-order valence-electron chi connectivity index (χ1n) is 8.29. The van der Waals surface area contributed by atoms with Crippen LogP contribution in [0.25, 0.3) is 0 Å². The van der Waals surface area contributed by atoms with E-state index in [0.29, 0.717) is 18.3 Å². The van der Waals surface area contributed by atoms with Gasteiger partial charge in [-0.05, 0) is 44.9 Å². The van der Waals surface area contributed by atoms with Crippen LogP contribution in [-0.4, -0.2) is 20.5 Å². The molecule has 1 aromatic rings. The standard InChI is InChI=1S/C17H29ClN2O/c1-5-20-15(16(18)13(4)19-20)11-17(21)8-6-7-14(10-17)9-12(2)3/h12,14,21H,5-11H2,1-4H3. The van der Waals surface area contributed by atoms with Crippen molar-refractivity contribution in [3.63, 3.8) is 0 Å². The number of rotatable bonds is 5. The highest BCUT2D eigenvalue weighted by Gasteiger charge is 2.36. The zero-order chi connectivity index (χ0) is 15.6. The van der Waals surface area contributed by atoms with E-state index in [1.165, 1.54) is 12.8 Å². The number of hydrogen-bond acceptors (Lipinski definition) is 2. The normalized spacial score (nSPS) is 26.5. The van der Waals surface area contributed by atoms with Gasteiger partial charge in [0.15, 0.2) is 0 Å². The van der Waals surface area contributed by atoms with E-state index < -0.39 is 5.60 Å². The molecule has 1 heterocycles. The highest BCUT2D eigenvalue weighted by atomic mass is 35.5. The van der Waals surface area contributed by atoms with Gasteiger partial charge in [-0.15, -0.1) is 0 Å². The molecule has 1 fully saturated rings. The Morgan fingerprint density at radius 2 is 2.19 bits per heavy atom. The van der Waals surface area contributed by atoms with Crippen molar-refractivity contribution in [2.24, 2.45) is 11.8 Å². The van der Waals surface area contributed by atoms with Gasteiger partial charge >= 0.3 is 0 Å². The lowest BCUT2D eigenvalue weighted by Gasteiger charge is -2.37. The summed E-state index contributed by atoms with van der Waals surface area (Å²) in [5.74, 6) is 1.34. The number of aryl methyl sites for hydroxylation is 2. The Kier molecular flexibility index (Phi) is 5.37. The van der Waals surface area contributed by atoms with Gasteiger partial charge < -0.3 is 5.11 Å². The van der Waals surface area contributed by atoms with Gasteiger partial charge in [-0.1, -0.05) is 38.3 Å². The number of hydrogen-bond donors (Lipinski definition) is 1. The Labute approximate surface area is 133 Å². The van der Waals surface area contributed by atoms with Crippen LogP contribution in [0.15, 0.2) is 0 Å². The van der Waals surface area contributed by atoms with Crippen LogP contribution in [0.5, 0.6) is 0 Å². The lowest BCUT2D eigenvalue weighted by molar-refractivity contribution is -0.0203. The average molecular weight is 313 g/mol. The highest BCUT2D eigenvalue weighted by Crippen LogP contribution is 2.39. The van der Waals surface area contributed by atoms with Crippen LogP contribution >= 0.6 is 11.6 Å². The minimum atomic E-state index is -0.610. The first-order valence-corrected chi connectivity index (χ1v) is 8.66. The van der Waals surface area contributed by atoms with Crippen LogP contribution in [0.2, 0.25) is 5.02 Å². The van der Waals surface area contributed by atoms with Crippen molar-refractivity contribution in [2.45, 2.75) is 78.4 Å². The second-order valence-corrected chi connectivity index (χ2v) is 7.53. The van der Waals surface area contributed by atoms with Crippen molar-refractivity contribution in [1.29, 1.82) is 0 Å². The third-order valence-electron chi connectivity index (χ3n) is 4.68. The predicted molar refractivity (Wildman–Crippen MR) is 87.7 cm³/mol. The maximum absolute atomic E-state index is 11.1. The zero-order valence-electron chi connectivity index (χ0n) is 13.8. The van der Waals surface area contributed by atoms with Crippen molar-refractivity contribution in [3.8, 4) is 0 Å². The monoisotopic (exact) mass is 312 g/mol. The molecule has 0 radical (unpaired) electrons.